The second-order valence-corrected chi connectivity index (χ2v) is 6.54. The molecule has 0 amide bonds. The van der Waals surface area contributed by atoms with Gasteiger partial charge in [0.2, 0.25) is 5.89 Å². The second kappa shape index (κ2) is 7.08. The van der Waals surface area contributed by atoms with Gasteiger partial charge in [-0.1, -0.05) is 30.0 Å². The number of aromatic nitrogens is 2. The summed E-state index contributed by atoms with van der Waals surface area (Å²) in [5.74, 6) is -0.0212. The number of rotatable bonds is 5. The Morgan fingerprint density at radius 3 is 2.63 bits per heavy atom. The van der Waals surface area contributed by atoms with Crippen LogP contribution in [0.15, 0.2) is 73.4 Å². The summed E-state index contributed by atoms with van der Waals surface area (Å²) >= 11 is 1.04. The molecule has 0 saturated carbocycles. The maximum absolute atomic E-state index is 12.4. The number of phenols is 1. The molecule has 0 spiro atoms. The SMILES string of the molecule is O=C(CSc1nnc(-c2ccc(O)cc2)o1)c1cc2ccccc2oc1=O. The monoisotopic (exact) mass is 380 g/mol. The van der Waals surface area contributed by atoms with Gasteiger partial charge in [0.05, 0.1) is 5.75 Å². The number of Topliss-reactive ketones (excluding diaryl/α,β-unsaturated/α-hetero) is 1. The van der Waals surface area contributed by atoms with E-state index in [-0.39, 0.29) is 34.0 Å². The van der Waals surface area contributed by atoms with Crippen LogP contribution in [0, 0.1) is 0 Å². The first-order valence-corrected chi connectivity index (χ1v) is 8.90. The summed E-state index contributed by atoms with van der Waals surface area (Å²) in [6.07, 6.45) is 0. The second-order valence-electron chi connectivity index (χ2n) is 5.62. The number of aromatic hydroxyl groups is 1. The zero-order valence-electron chi connectivity index (χ0n) is 13.8. The molecule has 0 fully saturated rings. The molecule has 4 rings (SSSR count). The zero-order chi connectivity index (χ0) is 18.8. The van der Waals surface area contributed by atoms with Crippen LogP contribution in [-0.4, -0.2) is 26.8 Å². The fourth-order valence-corrected chi connectivity index (χ4v) is 3.10. The van der Waals surface area contributed by atoms with Gasteiger partial charge >= 0.3 is 5.63 Å². The number of ketones is 1. The summed E-state index contributed by atoms with van der Waals surface area (Å²) in [5, 5.41) is 18.0. The molecule has 0 saturated heterocycles. The van der Waals surface area contributed by atoms with E-state index in [1.807, 2.05) is 0 Å². The molecule has 8 heteroatoms. The van der Waals surface area contributed by atoms with Crippen LogP contribution in [0.5, 0.6) is 5.75 Å². The highest BCUT2D eigenvalue weighted by Crippen LogP contribution is 2.25. The van der Waals surface area contributed by atoms with Crippen LogP contribution in [0.25, 0.3) is 22.4 Å². The molecule has 1 N–H and O–H groups in total. The smallest absolute Gasteiger partial charge is 0.347 e. The maximum Gasteiger partial charge on any atom is 0.347 e. The molecule has 2 heterocycles. The molecule has 134 valence electrons. The first-order chi connectivity index (χ1) is 13.1. The molecule has 0 aliphatic rings. The number of para-hydroxylation sites is 1. The van der Waals surface area contributed by atoms with Gasteiger partial charge in [-0.2, -0.15) is 0 Å². The molecule has 0 atom stereocenters. The number of hydrogen-bond donors (Lipinski definition) is 1. The van der Waals surface area contributed by atoms with Crippen molar-refractivity contribution in [3.63, 3.8) is 0 Å². The highest BCUT2D eigenvalue weighted by molar-refractivity contribution is 7.99. The minimum Gasteiger partial charge on any atom is -0.508 e. The predicted octanol–water partition coefficient (Wildman–Crippen LogP) is 3.52. The molecule has 27 heavy (non-hydrogen) atoms. The summed E-state index contributed by atoms with van der Waals surface area (Å²) < 4.78 is 10.7. The third-order valence-corrected chi connectivity index (χ3v) is 4.61. The summed E-state index contributed by atoms with van der Waals surface area (Å²) in [7, 11) is 0. The lowest BCUT2D eigenvalue weighted by Gasteiger charge is -2.00. The highest BCUT2D eigenvalue weighted by atomic mass is 32.2. The number of carbonyl (C=O) groups is 1. The van der Waals surface area contributed by atoms with Crippen molar-refractivity contribution in [1.82, 2.24) is 10.2 Å². The minimum absolute atomic E-state index is 0.0144. The van der Waals surface area contributed by atoms with Crippen LogP contribution in [-0.2, 0) is 0 Å². The van der Waals surface area contributed by atoms with Gasteiger partial charge in [-0.3, -0.25) is 4.79 Å². The van der Waals surface area contributed by atoms with Crippen molar-refractivity contribution < 1.29 is 18.7 Å². The number of benzene rings is 2. The number of hydrogen-bond acceptors (Lipinski definition) is 8. The van der Waals surface area contributed by atoms with Crippen LogP contribution in [0.4, 0.5) is 0 Å². The first-order valence-electron chi connectivity index (χ1n) is 7.92. The number of fused-ring (bicyclic) bond motifs is 1. The fourth-order valence-electron chi connectivity index (χ4n) is 2.45. The topological polar surface area (TPSA) is 106 Å². The lowest BCUT2D eigenvalue weighted by Crippen LogP contribution is -2.15. The van der Waals surface area contributed by atoms with Gasteiger partial charge in [0, 0.05) is 10.9 Å². The normalized spacial score (nSPS) is 11.0. The molecule has 0 bridgehead atoms. The lowest BCUT2D eigenvalue weighted by atomic mass is 10.1. The average molecular weight is 380 g/mol. The van der Waals surface area contributed by atoms with Crippen molar-refractivity contribution in [2.24, 2.45) is 0 Å². The summed E-state index contributed by atoms with van der Waals surface area (Å²) in [4.78, 5) is 24.4. The van der Waals surface area contributed by atoms with Gasteiger partial charge in [-0.15, -0.1) is 10.2 Å². The van der Waals surface area contributed by atoms with Gasteiger partial charge in [0.25, 0.3) is 5.22 Å². The van der Waals surface area contributed by atoms with Crippen molar-refractivity contribution in [3.05, 3.63) is 70.6 Å². The lowest BCUT2D eigenvalue weighted by molar-refractivity contribution is 0.101. The van der Waals surface area contributed by atoms with E-state index in [9.17, 15) is 14.7 Å². The Kier molecular flexibility index (Phi) is 4.47. The highest BCUT2D eigenvalue weighted by Gasteiger charge is 2.16. The Labute approximate surface area is 156 Å². The van der Waals surface area contributed by atoms with Crippen molar-refractivity contribution >= 4 is 28.5 Å². The van der Waals surface area contributed by atoms with E-state index in [0.29, 0.717) is 16.5 Å². The third kappa shape index (κ3) is 3.61. The van der Waals surface area contributed by atoms with Crippen LogP contribution in [0.1, 0.15) is 10.4 Å². The van der Waals surface area contributed by atoms with E-state index in [2.05, 4.69) is 10.2 Å². The molecule has 0 aliphatic carbocycles. The molecular formula is C19H12N2O5S. The Hall–Kier alpha value is -3.39. The summed E-state index contributed by atoms with van der Waals surface area (Å²) in [6, 6.07) is 14.8. The number of thioether (sulfide) groups is 1. The maximum atomic E-state index is 12.4. The van der Waals surface area contributed by atoms with Crippen molar-refractivity contribution in [1.29, 1.82) is 0 Å². The Morgan fingerprint density at radius 2 is 1.81 bits per heavy atom. The van der Waals surface area contributed by atoms with E-state index < -0.39 is 5.63 Å². The largest absolute Gasteiger partial charge is 0.508 e. The first kappa shape index (κ1) is 17.0. The fraction of sp³-hybridized carbons (Fsp3) is 0.0526. The van der Waals surface area contributed by atoms with E-state index >= 15 is 0 Å². The Bertz CT molecular complexity index is 1180. The summed E-state index contributed by atoms with van der Waals surface area (Å²) in [5.41, 5.74) is 0.393. The standard InChI is InChI=1S/C19H12N2O5S/c22-13-7-5-11(6-8-13)17-20-21-19(26-17)27-10-15(23)14-9-12-3-1-2-4-16(12)25-18(14)24/h1-9,22H,10H2. The van der Waals surface area contributed by atoms with Crippen LogP contribution in [0.2, 0.25) is 0 Å². The molecule has 0 radical (unpaired) electrons. The molecule has 4 aromatic rings. The molecule has 0 aliphatic heterocycles. The van der Waals surface area contributed by atoms with Crippen molar-refractivity contribution in [2.75, 3.05) is 5.75 Å². The summed E-state index contributed by atoms with van der Waals surface area (Å²) in [6.45, 7) is 0. The van der Waals surface area contributed by atoms with Gasteiger partial charge in [-0.25, -0.2) is 4.79 Å². The molecular weight excluding hydrogens is 368 g/mol. The van der Waals surface area contributed by atoms with Crippen molar-refractivity contribution in [2.45, 2.75) is 5.22 Å². The van der Waals surface area contributed by atoms with Crippen LogP contribution < -0.4 is 5.63 Å². The molecule has 7 nitrogen and oxygen atoms in total. The number of nitrogens with zero attached hydrogens (tertiary/aromatic N) is 2. The molecule has 2 aromatic carbocycles. The van der Waals surface area contributed by atoms with Gasteiger partial charge < -0.3 is 13.9 Å². The Morgan fingerprint density at radius 1 is 1.04 bits per heavy atom. The zero-order valence-corrected chi connectivity index (χ0v) is 14.6. The van der Waals surface area contributed by atoms with Crippen molar-refractivity contribution in [3.8, 4) is 17.2 Å². The van der Waals surface area contributed by atoms with Gasteiger partial charge in [0.15, 0.2) is 5.78 Å². The van der Waals surface area contributed by atoms with Gasteiger partial charge in [0.1, 0.15) is 16.9 Å². The average Bonchev–Trinajstić information content (AvgIpc) is 3.15. The minimum atomic E-state index is -0.672. The third-order valence-electron chi connectivity index (χ3n) is 3.79. The van der Waals surface area contributed by atoms with Crippen LogP contribution in [0.3, 0.4) is 0 Å². The van der Waals surface area contributed by atoms with Crippen LogP contribution >= 0.6 is 11.8 Å². The van der Waals surface area contributed by atoms with E-state index in [4.69, 9.17) is 8.83 Å². The van der Waals surface area contributed by atoms with E-state index in [1.165, 1.54) is 18.2 Å². The molecule has 0 unspecified atom stereocenters. The van der Waals surface area contributed by atoms with Gasteiger partial charge in [-0.05, 0) is 36.4 Å². The van der Waals surface area contributed by atoms with E-state index in [0.717, 1.165) is 11.8 Å². The van der Waals surface area contributed by atoms with E-state index in [1.54, 1.807) is 36.4 Å². The number of phenolic OH excluding ortho intramolecular Hbond substituents is 1. The Balaban J connectivity index is 1.49. The number of carbonyl (C=O) groups excluding carboxylic acids is 1. The molecule has 2 aromatic heterocycles. The quantitative estimate of drug-likeness (QED) is 0.318. The predicted molar refractivity (Wildman–Crippen MR) is 98.9 cm³/mol.